The topological polar surface area (TPSA) is 40.9 Å². The molecule has 0 heterocycles. The molecule has 1 unspecified atom stereocenters. The van der Waals surface area contributed by atoms with Crippen LogP contribution in [0.5, 0.6) is 0 Å². The summed E-state index contributed by atoms with van der Waals surface area (Å²) in [6, 6.07) is 0. The molecule has 0 spiro atoms. The molecule has 1 N–H and O–H groups in total. The monoisotopic (exact) mass is 105 g/mol. The summed E-state index contributed by atoms with van der Waals surface area (Å²) in [5.41, 5.74) is 0. The van der Waals surface area contributed by atoms with Crippen molar-refractivity contribution in [1.29, 1.82) is 4.78 Å². The van der Waals surface area contributed by atoms with E-state index in [4.69, 9.17) is 4.78 Å². The summed E-state index contributed by atoms with van der Waals surface area (Å²) in [6.07, 6.45) is 2.05. The molecule has 0 aliphatic heterocycles. The molecule has 3 heteroatoms. The maximum absolute atomic E-state index is 10.0. The molecule has 1 saturated carbocycles. The Morgan fingerprint density at radius 2 is 2.17 bits per heavy atom. The third kappa shape index (κ3) is 0.712. The van der Waals surface area contributed by atoms with E-state index in [1.165, 1.54) is 0 Å². The summed E-state index contributed by atoms with van der Waals surface area (Å²) in [5.74, 6) is 0. The Balaban J connectivity index is 2.52. The van der Waals surface area contributed by atoms with Crippen LogP contribution in [0.3, 0.4) is 0 Å². The number of thiol groups is 1. The molecular weight excluding hydrogens is 98.1 g/mol. The molecule has 1 aliphatic carbocycles. The quantitative estimate of drug-likeness (QED) is 0.465. The van der Waals surface area contributed by atoms with Crippen molar-refractivity contribution < 1.29 is 4.21 Å². The predicted octanol–water partition coefficient (Wildman–Crippen LogP) is 0.392. The van der Waals surface area contributed by atoms with Crippen LogP contribution in [0.4, 0.5) is 0 Å². The number of hydrogen-bond donors (Lipinski definition) is 2. The van der Waals surface area contributed by atoms with Gasteiger partial charge in [0.15, 0.2) is 0 Å². The average molecular weight is 105 g/mol. The van der Waals surface area contributed by atoms with Crippen LogP contribution in [0.25, 0.3) is 0 Å². The average Bonchev–Trinajstić information content (AvgIpc) is 2.06. The Morgan fingerprint density at radius 3 is 2.17 bits per heavy atom. The highest BCUT2D eigenvalue weighted by Gasteiger charge is 2.21. The zero-order valence-corrected chi connectivity index (χ0v) is 4.24. The molecule has 2 nitrogen and oxygen atoms in total. The van der Waals surface area contributed by atoms with Crippen LogP contribution in [0.15, 0.2) is 0 Å². The Labute approximate surface area is 38.6 Å². The second-order valence-electron chi connectivity index (χ2n) is 1.56. The van der Waals surface area contributed by atoms with E-state index < -0.39 is 10.6 Å². The molecule has 0 radical (unpaired) electrons. The minimum absolute atomic E-state index is 0.278. The van der Waals surface area contributed by atoms with Crippen LogP contribution in [0.1, 0.15) is 12.8 Å². The van der Waals surface area contributed by atoms with Gasteiger partial charge in [0.2, 0.25) is 0 Å². The maximum atomic E-state index is 10.0. The van der Waals surface area contributed by atoms with Gasteiger partial charge in [0.1, 0.15) is 0 Å². The smallest absolute Gasteiger partial charge is 0.0402 e. The van der Waals surface area contributed by atoms with E-state index in [0.717, 1.165) is 12.8 Å². The van der Waals surface area contributed by atoms with E-state index in [2.05, 4.69) is 0 Å². The molecule has 36 valence electrons. The van der Waals surface area contributed by atoms with Crippen molar-refractivity contribution in [3.05, 3.63) is 0 Å². The molecule has 0 aromatic carbocycles. The van der Waals surface area contributed by atoms with E-state index in [9.17, 15) is 4.21 Å². The first-order valence-corrected chi connectivity index (χ1v) is 3.31. The van der Waals surface area contributed by atoms with Crippen LogP contribution >= 0.6 is 0 Å². The zero-order valence-electron chi connectivity index (χ0n) is 3.35. The normalized spacial score (nSPS) is 26.7. The molecule has 0 aromatic rings. The van der Waals surface area contributed by atoms with Crippen LogP contribution in [0.2, 0.25) is 0 Å². The fourth-order valence-corrected chi connectivity index (χ4v) is 0.927. The Kier molecular flexibility index (Phi) is 0.839. The molecule has 1 aliphatic rings. The van der Waals surface area contributed by atoms with Gasteiger partial charge in [-0.3, -0.25) is 8.99 Å². The molecule has 1 fully saturated rings. The van der Waals surface area contributed by atoms with Crippen molar-refractivity contribution >= 4 is 10.6 Å². The van der Waals surface area contributed by atoms with Gasteiger partial charge < -0.3 is 0 Å². The van der Waals surface area contributed by atoms with Crippen LogP contribution in [0, 0.1) is 4.78 Å². The third-order valence-electron chi connectivity index (χ3n) is 0.879. The summed E-state index contributed by atoms with van der Waals surface area (Å²) in [7, 11) is -1.55. The van der Waals surface area contributed by atoms with Crippen molar-refractivity contribution in [3.8, 4) is 0 Å². The van der Waals surface area contributed by atoms with Gasteiger partial charge in [-0.25, -0.2) is 0 Å². The predicted molar refractivity (Wildman–Crippen MR) is 25.3 cm³/mol. The van der Waals surface area contributed by atoms with Crippen molar-refractivity contribution in [2.45, 2.75) is 18.1 Å². The summed E-state index contributed by atoms with van der Waals surface area (Å²) < 4.78 is 16.6. The lowest BCUT2D eigenvalue weighted by molar-refractivity contribution is 0.686. The van der Waals surface area contributed by atoms with E-state index in [-0.39, 0.29) is 5.25 Å². The van der Waals surface area contributed by atoms with Crippen molar-refractivity contribution in [3.63, 3.8) is 0 Å². The largest absolute Gasteiger partial charge is 0.255 e. The summed E-state index contributed by atoms with van der Waals surface area (Å²) >= 11 is 0. The molecule has 1 atom stereocenters. The Hall–Kier alpha value is -0.0500. The molecule has 0 amide bonds. The van der Waals surface area contributed by atoms with Crippen molar-refractivity contribution in [1.82, 2.24) is 0 Å². The minimum Gasteiger partial charge on any atom is -0.255 e. The highest BCUT2D eigenvalue weighted by Crippen LogP contribution is 2.22. The first-order chi connectivity index (χ1) is 2.80. The van der Waals surface area contributed by atoms with E-state index in [1.54, 1.807) is 0 Å². The zero-order chi connectivity index (χ0) is 4.57. The van der Waals surface area contributed by atoms with Gasteiger partial charge >= 0.3 is 0 Å². The van der Waals surface area contributed by atoms with Gasteiger partial charge in [0.05, 0.1) is 0 Å². The summed E-state index contributed by atoms with van der Waals surface area (Å²) in [6.45, 7) is 0. The first-order valence-electron chi connectivity index (χ1n) is 1.98. The summed E-state index contributed by atoms with van der Waals surface area (Å²) in [4.78, 5) is 0. The molecule has 0 bridgehead atoms. The fraction of sp³-hybridized carbons (Fsp3) is 1.00. The highest BCUT2D eigenvalue weighted by atomic mass is 32.2. The highest BCUT2D eigenvalue weighted by molar-refractivity contribution is 7.74. The Bertz CT molecular complexity index is 106. The molecule has 0 aromatic heterocycles. The molecular formula is C3H7NOS. The SMILES string of the molecule is N=[SH](=O)C1CC1. The van der Waals surface area contributed by atoms with E-state index in [1.807, 2.05) is 0 Å². The van der Waals surface area contributed by atoms with E-state index >= 15 is 0 Å². The Morgan fingerprint density at radius 1 is 1.67 bits per heavy atom. The number of nitrogens with one attached hydrogen (secondary N) is 1. The van der Waals surface area contributed by atoms with Crippen LogP contribution in [-0.2, 0) is 10.6 Å². The van der Waals surface area contributed by atoms with Gasteiger partial charge in [0, 0.05) is 15.8 Å². The van der Waals surface area contributed by atoms with Gasteiger partial charge in [-0.15, -0.1) is 0 Å². The standard InChI is InChI=1S/C3H7NOS/c4-6(5)3-1-2-3/h3-4,6H,1-2H2. The lowest BCUT2D eigenvalue weighted by Gasteiger charge is -1.69. The second-order valence-corrected chi connectivity index (χ2v) is 2.94. The molecule has 0 saturated heterocycles. The van der Waals surface area contributed by atoms with Crippen LogP contribution in [-0.4, -0.2) is 9.46 Å². The van der Waals surface area contributed by atoms with Crippen LogP contribution < -0.4 is 0 Å². The van der Waals surface area contributed by atoms with Gasteiger partial charge in [-0.2, -0.15) is 0 Å². The molecule has 1 rings (SSSR count). The fourth-order valence-electron chi connectivity index (χ4n) is 0.309. The van der Waals surface area contributed by atoms with E-state index in [0.29, 0.717) is 0 Å². The lowest BCUT2D eigenvalue weighted by atomic mass is 11.0. The first kappa shape index (κ1) is 4.12. The lowest BCUT2D eigenvalue weighted by Crippen LogP contribution is -1.77. The third-order valence-corrected chi connectivity index (χ3v) is 2.06. The second kappa shape index (κ2) is 1.22. The number of hydrogen-bond acceptors (Lipinski definition) is 2. The molecule has 6 heavy (non-hydrogen) atoms. The maximum Gasteiger partial charge on any atom is 0.0402 e. The minimum atomic E-state index is -1.55. The van der Waals surface area contributed by atoms with Crippen molar-refractivity contribution in [2.24, 2.45) is 0 Å². The number of rotatable bonds is 1. The van der Waals surface area contributed by atoms with Gasteiger partial charge in [-0.1, -0.05) is 0 Å². The summed E-state index contributed by atoms with van der Waals surface area (Å²) in [5, 5.41) is 0.278. The van der Waals surface area contributed by atoms with Gasteiger partial charge in [-0.05, 0) is 12.8 Å². The van der Waals surface area contributed by atoms with Gasteiger partial charge in [0.25, 0.3) is 0 Å². The van der Waals surface area contributed by atoms with Crippen molar-refractivity contribution in [2.75, 3.05) is 0 Å².